The number of nitrogens with two attached hydrogens (primary N) is 1. The van der Waals surface area contributed by atoms with E-state index < -0.39 is 0 Å². The molecule has 0 amide bonds. The largest absolute Gasteiger partial charge is 0.383 e. The predicted octanol–water partition coefficient (Wildman–Crippen LogP) is 0.953. The third kappa shape index (κ3) is 1.25. The molecule has 0 aliphatic rings. The zero-order chi connectivity index (χ0) is 7.84. The molecule has 3 nitrogen and oxygen atoms in total. The van der Waals surface area contributed by atoms with Crippen LogP contribution >= 0.6 is 0 Å². The van der Waals surface area contributed by atoms with E-state index in [-0.39, 0.29) is 21.1 Å². The Morgan fingerprint density at radius 3 is 3.00 bits per heavy atom. The van der Waals surface area contributed by atoms with Gasteiger partial charge in [-0.15, -0.1) is 0 Å². The van der Waals surface area contributed by atoms with Crippen LogP contribution in [0.25, 0.3) is 10.9 Å². The fourth-order valence-electron chi connectivity index (χ4n) is 1.18. The standard InChI is InChI=1S/C8H8N3.W/c1-11-7-5-3-2-4-6(7)8(9)10-11;/h2,4-5H,1H3,(H2,9,10);/q-1;. The van der Waals surface area contributed by atoms with Crippen LogP contribution in [0, 0.1) is 6.07 Å². The van der Waals surface area contributed by atoms with Gasteiger partial charge in [-0.3, -0.25) is 0 Å². The number of fused-ring (bicyclic) bond motifs is 1. The molecule has 0 saturated carbocycles. The van der Waals surface area contributed by atoms with Gasteiger partial charge >= 0.3 is 0 Å². The Bertz CT molecular complexity index is 358. The van der Waals surface area contributed by atoms with Crippen LogP contribution < -0.4 is 5.73 Å². The number of hydrogen-bond acceptors (Lipinski definition) is 2. The van der Waals surface area contributed by atoms with Gasteiger partial charge in [-0.25, -0.2) is 0 Å². The number of nitrogen functional groups attached to an aromatic ring is 1. The summed E-state index contributed by atoms with van der Waals surface area (Å²) in [6.07, 6.45) is 0. The summed E-state index contributed by atoms with van der Waals surface area (Å²) in [7, 11) is 1.87. The normalized spacial score (nSPS) is 9.75. The fourth-order valence-corrected chi connectivity index (χ4v) is 1.18. The zero-order valence-electron chi connectivity index (χ0n) is 6.61. The first kappa shape index (κ1) is 9.27. The van der Waals surface area contributed by atoms with Crippen LogP contribution in [0.15, 0.2) is 18.2 Å². The summed E-state index contributed by atoms with van der Waals surface area (Å²) in [6.45, 7) is 0. The van der Waals surface area contributed by atoms with E-state index in [1.807, 2.05) is 25.2 Å². The quantitative estimate of drug-likeness (QED) is 0.731. The summed E-state index contributed by atoms with van der Waals surface area (Å²) < 4.78 is 1.75. The van der Waals surface area contributed by atoms with Gasteiger partial charge in [0.1, 0.15) is 5.82 Å². The molecule has 0 atom stereocenters. The van der Waals surface area contributed by atoms with Gasteiger partial charge in [-0.2, -0.15) is 29.4 Å². The van der Waals surface area contributed by atoms with Crippen molar-refractivity contribution in [2.24, 2.45) is 7.05 Å². The van der Waals surface area contributed by atoms with Crippen molar-refractivity contribution >= 4 is 16.7 Å². The van der Waals surface area contributed by atoms with E-state index in [4.69, 9.17) is 5.73 Å². The number of aryl methyl sites for hydroxylation is 1. The Morgan fingerprint density at radius 2 is 2.33 bits per heavy atom. The van der Waals surface area contributed by atoms with Crippen molar-refractivity contribution in [2.75, 3.05) is 5.73 Å². The maximum Gasteiger partial charge on any atom is 0.127 e. The van der Waals surface area contributed by atoms with Gasteiger partial charge in [0, 0.05) is 28.1 Å². The Balaban J connectivity index is 0.000000720. The molecule has 62 valence electrons. The van der Waals surface area contributed by atoms with Crippen LogP contribution in [0.1, 0.15) is 0 Å². The van der Waals surface area contributed by atoms with Crippen LogP contribution in [0.5, 0.6) is 0 Å². The first-order chi connectivity index (χ1) is 5.29. The van der Waals surface area contributed by atoms with Crippen LogP contribution in [0.4, 0.5) is 5.82 Å². The molecule has 1 aromatic heterocycles. The summed E-state index contributed by atoms with van der Waals surface area (Å²) >= 11 is 0. The topological polar surface area (TPSA) is 43.8 Å². The molecule has 0 bridgehead atoms. The van der Waals surface area contributed by atoms with E-state index in [1.54, 1.807) is 4.68 Å². The molecule has 0 aliphatic carbocycles. The molecule has 1 aromatic carbocycles. The molecule has 0 spiro atoms. The average Bonchev–Trinajstić information content (AvgIpc) is 2.30. The van der Waals surface area contributed by atoms with Crippen molar-refractivity contribution < 1.29 is 21.1 Å². The molecular formula is C8H8N3W-. The van der Waals surface area contributed by atoms with Crippen LogP contribution in [-0.4, -0.2) is 9.78 Å². The van der Waals surface area contributed by atoms with Crippen LogP contribution in [-0.2, 0) is 28.1 Å². The minimum absolute atomic E-state index is 0. The molecule has 12 heavy (non-hydrogen) atoms. The maximum absolute atomic E-state index is 5.63. The number of benzene rings is 1. The Morgan fingerprint density at radius 1 is 1.58 bits per heavy atom. The van der Waals surface area contributed by atoms with Gasteiger partial charge in [0.15, 0.2) is 0 Å². The summed E-state index contributed by atoms with van der Waals surface area (Å²) in [5.41, 5.74) is 6.65. The molecular weight excluding hydrogens is 322 g/mol. The molecule has 0 fully saturated rings. The zero-order valence-corrected chi connectivity index (χ0v) is 9.55. The second kappa shape index (κ2) is 3.28. The molecule has 2 aromatic rings. The fraction of sp³-hybridized carbons (Fsp3) is 0.125. The summed E-state index contributed by atoms with van der Waals surface area (Å²) in [5, 5.41) is 5.06. The van der Waals surface area contributed by atoms with E-state index in [9.17, 15) is 0 Å². The number of aromatic nitrogens is 2. The molecule has 4 heteroatoms. The van der Waals surface area contributed by atoms with E-state index in [2.05, 4.69) is 11.2 Å². The predicted molar refractivity (Wildman–Crippen MR) is 44.0 cm³/mol. The van der Waals surface area contributed by atoms with Gasteiger partial charge in [0.2, 0.25) is 0 Å². The third-order valence-corrected chi connectivity index (χ3v) is 1.72. The number of rotatable bonds is 0. The van der Waals surface area contributed by atoms with Crippen LogP contribution in [0.3, 0.4) is 0 Å². The van der Waals surface area contributed by atoms with Crippen LogP contribution in [0.2, 0.25) is 0 Å². The van der Waals surface area contributed by atoms with Gasteiger partial charge in [0.25, 0.3) is 0 Å². The SMILES string of the molecule is Cn1nc(N)c2cc[c-]cc21.[W]. The van der Waals surface area contributed by atoms with Gasteiger partial charge in [-0.1, -0.05) is 5.39 Å². The summed E-state index contributed by atoms with van der Waals surface area (Å²) in [5.74, 6) is 0.580. The van der Waals surface area contributed by atoms with Crippen molar-refractivity contribution in [1.29, 1.82) is 0 Å². The Hall–Kier alpha value is -0.822. The molecule has 0 unspecified atom stereocenters. The molecule has 0 radical (unpaired) electrons. The monoisotopic (exact) mass is 330 g/mol. The van der Waals surface area contributed by atoms with E-state index in [0.29, 0.717) is 5.82 Å². The second-order valence-corrected chi connectivity index (χ2v) is 2.45. The Labute approximate surface area is 84.8 Å². The molecule has 0 saturated heterocycles. The minimum Gasteiger partial charge on any atom is -0.383 e. The number of anilines is 1. The Kier molecular flexibility index (Phi) is 2.53. The molecule has 2 N–H and O–H groups in total. The van der Waals surface area contributed by atoms with Crippen molar-refractivity contribution in [1.82, 2.24) is 9.78 Å². The van der Waals surface area contributed by atoms with E-state index in [1.165, 1.54) is 0 Å². The molecule has 0 aliphatic heterocycles. The summed E-state index contributed by atoms with van der Waals surface area (Å²) in [6, 6.07) is 8.59. The second-order valence-electron chi connectivity index (χ2n) is 2.45. The summed E-state index contributed by atoms with van der Waals surface area (Å²) in [4.78, 5) is 0. The van der Waals surface area contributed by atoms with Crippen molar-refractivity contribution in [2.45, 2.75) is 0 Å². The van der Waals surface area contributed by atoms with Crippen molar-refractivity contribution in [3.63, 3.8) is 0 Å². The number of nitrogens with zero attached hydrogens (tertiary/aromatic N) is 2. The van der Waals surface area contributed by atoms with Gasteiger partial charge < -0.3 is 10.4 Å². The van der Waals surface area contributed by atoms with E-state index in [0.717, 1.165) is 10.9 Å². The van der Waals surface area contributed by atoms with Crippen molar-refractivity contribution in [3.05, 3.63) is 24.3 Å². The van der Waals surface area contributed by atoms with E-state index >= 15 is 0 Å². The molecule has 1 heterocycles. The van der Waals surface area contributed by atoms with Gasteiger partial charge in [0.05, 0.1) is 0 Å². The first-order valence-corrected chi connectivity index (χ1v) is 3.37. The smallest absolute Gasteiger partial charge is 0.127 e. The molecule has 2 rings (SSSR count). The van der Waals surface area contributed by atoms with Gasteiger partial charge in [-0.05, 0) is 5.52 Å². The third-order valence-electron chi connectivity index (χ3n) is 1.72. The maximum atomic E-state index is 5.63. The van der Waals surface area contributed by atoms with Crippen molar-refractivity contribution in [3.8, 4) is 0 Å². The average molecular weight is 330 g/mol. The first-order valence-electron chi connectivity index (χ1n) is 3.37. The minimum atomic E-state index is 0. The number of hydrogen-bond donors (Lipinski definition) is 1.